The van der Waals surface area contributed by atoms with Gasteiger partial charge in [0.15, 0.2) is 0 Å². The van der Waals surface area contributed by atoms with Crippen molar-refractivity contribution in [3.63, 3.8) is 0 Å². The van der Waals surface area contributed by atoms with Crippen LogP contribution in [0.1, 0.15) is 11.5 Å². The van der Waals surface area contributed by atoms with Crippen LogP contribution in [0.2, 0.25) is 10.0 Å². The Hall–Kier alpha value is -0.150. The molecular weight excluding hydrogens is 294 g/mol. The maximum absolute atomic E-state index is 10.9. The van der Waals surface area contributed by atoms with Crippen LogP contribution >= 0.6 is 46.4 Å². The standard InChI is InChI=1S/C10H6Cl4O2/c11-5-2-1-4(3-6(5)12)7-8(9(15)16)10(7,13)14/h1-3,7-8H,(H,15,16)/t7?,8-/m1/s1. The summed E-state index contributed by atoms with van der Waals surface area (Å²) in [5.41, 5.74) is 0.687. The molecule has 6 heteroatoms. The highest BCUT2D eigenvalue weighted by molar-refractivity contribution is 6.53. The summed E-state index contributed by atoms with van der Waals surface area (Å²) in [5, 5.41) is 9.69. The molecule has 86 valence electrons. The topological polar surface area (TPSA) is 37.3 Å². The molecule has 1 aromatic rings. The summed E-state index contributed by atoms with van der Waals surface area (Å²) < 4.78 is -1.26. The summed E-state index contributed by atoms with van der Waals surface area (Å²) in [6.07, 6.45) is 0. The summed E-state index contributed by atoms with van der Waals surface area (Å²) in [6.45, 7) is 0. The molecule has 1 N–H and O–H groups in total. The fourth-order valence-electron chi connectivity index (χ4n) is 1.75. The predicted octanol–water partition coefficient (Wildman–Crippen LogP) is 3.97. The van der Waals surface area contributed by atoms with E-state index in [1.807, 2.05) is 0 Å². The van der Waals surface area contributed by atoms with E-state index >= 15 is 0 Å². The number of rotatable bonds is 2. The number of benzene rings is 1. The summed E-state index contributed by atoms with van der Waals surface area (Å²) in [7, 11) is 0. The average Bonchev–Trinajstić information content (AvgIpc) is 2.74. The normalized spacial score (nSPS) is 26.5. The van der Waals surface area contributed by atoms with Gasteiger partial charge in [0.05, 0.1) is 16.0 Å². The van der Waals surface area contributed by atoms with Gasteiger partial charge in [0.2, 0.25) is 0 Å². The summed E-state index contributed by atoms with van der Waals surface area (Å²) in [5.74, 6) is -2.25. The molecular formula is C10H6Cl4O2. The van der Waals surface area contributed by atoms with Crippen LogP contribution in [0.4, 0.5) is 0 Å². The van der Waals surface area contributed by atoms with Crippen molar-refractivity contribution in [1.29, 1.82) is 0 Å². The van der Waals surface area contributed by atoms with E-state index in [2.05, 4.69) is 0 Å². The first kappa shape index (κ1) is 12.3. The van der Waals surface area contributed by atoms with E-state index in [1.54, 1.807) is 18.2 Å². The van der Waals surface area contributed by atoms with Crippen LogP contribution in [-0.4, -0.2) is 15.4 Å². The zero-order valence-corrected chi connectivity index (χ0v) is 10.8. The Morgan fingerprint density at radius 2 is 1.88 bits per heavy atom. The first-order valence-electron chi connectivity index (χ1n) is 4.41. The Morgan fingerprint density at radius 1 is 1.25 bits per heavy atom. The van der Waals surface area contributed by atoms with Crippen molar-refractivity contribution >= 4 is 52.4 Å². The first-order valence-corrected chi connectivity index (χ1v) is 5.92. The van der Waals surface area contributed by atoms with Gasteiger partial charge in [0.25, 0.3) is 0 Å². The van der Waals surface area contributed by atoms with E-state index in [4.69, 9.17) is 51.5 Å². The second-order valence-electron chi connectivity index (χ2n) is 3.64. The molecule has 0 aromatic heterocycles. The van der Waals surface area contributed by atoms with Crippen molar-refractivity contribution in [1.82, 2.24) is 0 Å². The monoisotopic (exact) mass is 298 g/mol. The lowest BCUT2D eigenvalue weighted by atomic mass is 10.1. The largest absolute Gasteiger partial charge is 0.481 e. The maximum atomic E-state index is 10.9. The van der Waals surface area contributed by atoms with Gasteiger partial charge < -0.3 is 5.11 Å². The van der Waals surface area contributed by atoms with Crippen LogP contribution in [0, 0.1) is 5.92 Å². The van der Waals surface area contributed by atoms with Crippen molar-refractivity contribution in [2.75, 3.05) is 0 Å². The molecule has 0 bridgehead atoms. The van der Waals surface area contributed by atoms with E-state index in [1.165, 1.54) is 0 Å². The predicted molar refractivity (Wildman–Crippen MR) is 64.8 cm³/mol. The van der Waals surface area contributed by atoms with E-state index in [0.717, 1.165) is 0 Å². The van der Waals surface area contributed by atoms with Crippen LogP contribution in [0.25, 0.3) is 0 Å². The molecule has 0 saturated heterocycles. The third-order valence-corrected chi connectivity index (χ3v) is 4.30. The van der Waals surface area contributed by atoms with Crippen molar-refractivity contribution in [3.8, 4) is 0 Å². The molecule has 0 spiro atoms. The summed E-state index contributed by atoms with van der Waals surface area (Å²) in [4.78, 5) is 10.9. The molecule has 1 unspecified atom stereocenters. The lowest BCUT2D eigenvalue weighted by molar-refractivity contribution is -0.138. The lowest BCUT2D eigenvalue weighted by Gasteiger charge is -2.02. The van der Waals surface area contributed by atoms with Crippen LogP contribution in [0.15, 0.2) is 18.2 Å². The highest BCUT2D eigenvalue weighted by Gasteiger charge is 2.68. The van der Waals surface area contributed by atoms with Crippen LogP contribution in [0.5, 0.6) is 0 Å². The summed E-state index contributed by atoms with van der Waals surface area (Å²) in [6, 6.07) is 4.87. The number of carboxylic acid groups (broad SMARTS) is 1. The van der Waals surface area contributed by atoms with Crippen molar-refractivity contribution in [2.24, 2.45) is 5.92 Å². The molecule has 1 fully saturated rings. The summed E-state index contributed by atoms with van der Waals surface area (Å²) >= 11 is 23.4. The minimum atomic E-state index is -1.26. The van der Waals surface area contributed by atoms with E-state index in [-0.39, 0.29) is 0 Å². The average molecular weight is 300 g/mol. The number of halogens is 4. The highest BCUT2D eigenvalue weighted by atomic mass is 35.5. The van der Waals surface area contributed by atoms with Crippen LogP contribution in [-0.2, 0) is 4.79 Å². The molecule has 0 heterocycles. The number of carbonyl (C=O) groups is 1. The second-order valence-corrected chi connectivity index (χ2v) is 5.90. The fourth-order valence-corrected chi connectivity index (χ4v) is 2.88. The Labute approximate surface area is 112 Å². The zero-order chi connectivity index (χ0) is 12.1. The third-order valence-electron chi connectivity index (χ3n) is 2.62. The fraction of sp³-hybridized carbons (Fsp3) is 0.300. The van der Waals surface area contributed by atoms with E-state index in [9.17, 15) is 4.79 Å². The quantitative estimate of drug-likeness (QED) is 0.839. The molecule has 0 aliphatic heterocycles. The molecule has 1 aromatic carbocycles. The van der Waals surface area contributed by atoms with Crippen LogP contribution in [0.3, 0.4) is 0 Å². The SMILES string of the molecule is O=C(O)[C@H]1C(c2ccc(Cl)c(Cl)c2)C1(Cl)Cl. The Balaban J connectivity index is 2.33. The van der Waals surface area contributed by atoms with Gasteiger partial charge in [-0.2, -0.15) is 0 Å². The molecule has 16 heavy (non-hydrogen) atoms. The third kappa shape index (κ3) is 1.88. The van der Waals surface area contributed by atoms with Gasteiger partial charge in [-0.25, -0.2) is 0 Å². The van der Waals surface area contributed by atoms with Gasteiger partial charge in [-0.3, -0.25) is 4.79 Å². The molecule has 2 nitrogen and oxygen atoms in total. The van der Waals surface area contributed by atoms with E-state index < -0.39 is 22.1 Å². The van der Waals surface area contributed by atoms with Crippen molar-refractivity contribution in [2.45, 2.75) is 10.3 Å². The minimum Gasteiger partial charge on any atom is -0.481 e. The number of alkyl halides is 2. The Bertz CT molecular complexity index is 458. The van der Waals surface area contributed by atoms with Gasteiger partial charge in [-0.1, -0.05) is 52.5 Å². The van der Waals surface area contributed by atoms with Gasteiger partial charge in [-0.05, 0) is 17.7 Å². The number of hydrogen-bond donors (Lipinski definition) is 1. The van der Waals surface area contributed by atoms with Crippen molar-refractivity contribution < 1.29 is 9.90 Å². The molecule has 1 aliphatic rings. The van der Waals surface area contributed by atoms with Gasteiger partial charge >= 0.3 is 5.97 Å². The second kappa shape index (κ2) is 3.95. The maximum Gasteiger partial charge on any atom is 0.310 e. The highest BCUT2D eigenvalue weighted by Crippen LogP contribution is 2.65. The molecule has 1 saturated carbocycles. The van der Waals surface area contributed by atoms with Gasteiger partial charge in [-0.15, -0.1) is 0 Å². The molecule has 0 amide bonds. The molecule has 0 radical (unpaired) electrons. The Kier molecular flexibility index (Phi) is 3.04. The Morgan fingerprint density at radius 3 is 2.31 bits per heavy atom. The van der Waals surface area contributed by atoms with Gasteiger partial charge in [0, 0.05) is 5.92 Å². The first-order chi connectivity index (χ1) is 7.35. The van der Waals surface area contributed by atoms with Gasteiger partial charge in [0.1, 0.15) is 4.33 Å². The zero-order valence-electron chi connectivity index (χ0n) is 7.75. The molecule has 2 atom stereocenters. The molecule has 2 rings (SSSR count). The lowest BCUT2D eigenvalue weighted by Crippen LogP contribution is -2.03. The van der Waals surface area contributed by atoms with Crippen LogP contribution < -0.4 is 0 Å². The number of carboxylic acids is 1. The smallest absolute Gasteiger partial charge is 0.310 e. The number of aliphatic carboxylic acids is 1. The minimum absolute atomic E-state index is 0.360. The molecule has 1 aliphatic carbocycles. The van der Waals surface area contributed by atoms with Crippen molar-refractivity contribution in [3.05, 3.63) is 33.8 Å². The number of hydrogen-bond acceptors (Lipinski definition) is 1. The van der Waals surface area contributed by atoms with E-state index in [0.29, 0.717) is 15.6 Å².